The Bertz CT molecular complexity index is 480. The number of rotatable bonds is 0. The summed E-state index contributed by atoms with van der Waals surface area (Å²) in [6, 6.07) is 0. The van der Waals surface area contributed by atoms with Crippen molar-refractivity contribution in [1.29, 1.82) is 0 Å². The molecule has 0 fully saturated rings. The minimum atomic E-state index is 0.159. The Hall–Kier alpha value is -0.320. The summed E-state index contributed by atoms with van der Waals surface area (Å²) < 4.78 is 2.70. The Labute approximate surface area is 92.8 Å². The van der Waals surface area contributed by atoms with E-state index in [1.54, 1.807) is 0 Å². The van der Waals surface area contributed by atoms with Crippen molar-refractivity contribution >= 4 is 50.2 Å². The van der Waals surface area contributed by atoms with Gasteiger partial charge >= 0.3 is 0 Å². The van der Waals surface area contributed by atoms with Gasteiger partial charge in [0.25, 0.3) is 0 Å². The standard InChI is InChI=1S/C7H4BrCl2N3/c1-13-2-3(8)4-5(9)11-7(10)12-6(4)13/h2H,1H3. The van der Waals surface area contributed by atoms with E-state index in [-0.39, 0.29) is 5.28 Å². The van der Waals surface area contributed by atoms with E-state index in [0.29, 0.717) is 5.15 Å². The van der Waals surface area contributed by atoms with E-state index in [4.69, 9.17) is 23.2 Å². The van der Waals surface area contributed by atoms with Crippen molar-refractivity contribution in [2.45, 2.75) is 0 Å². The Morgan fingerprint density at radius 1 is 1.38 bits per heavy atom. The van der Waals surface area contributed by atoms with Crippen LogP contribution in [0.3, 0.4) is 0 Å². The highest BCUT2D eigenvalue weighted by molar-refractivity contribution is 9.10. The predicted octanol–water partition coefficient (Wildman–Crippen LogP) is 3.04. The maximum atomic E-state index is 5.90. The van der Waals surface area contributed by atoms with Gasteiger partial charge in [-0.25, -0.2) is 4.98 Å². The Morgan fingerprint density at radius 2 is 2.08 bits per heavy atom. The second-order valence-corrected chi connectivity index (χ2v) is 4.12. The molecular weight excluding hydrogens is 277 g/mol. The molecule has 0 unspecified atom stereocenters. The van der Waals surface area contributed by atoms with Gasteiger partial charge in [0.15, 0.2) is 0 Å². The lowest BCUT2D eigenvalue weighted by Gasteiger charge is -1.96. The molecule has 0 atom stereocenters. The average Bonchev–Trinajstić information content (AvgIpc) is 2.27. The van der Waals surface area contributed by atoms with E-state index < -0.39 is 0 Å². The van der Waals surface area contributed by atoms with E-state index in [1.807, 2.05) is 17.8 Å². The van der Waals surface area contributed by atoms with E-state index in [0.717, 1.165) is 15.5 Å². The van der Waals surface area contributed by atoms with Crippen LogP contribution in [0.4, 0.5) is 0 Å². The molecule has 3 nitrogen and oxygen atoms in total. The molecule has 0 N–H and O–H groups in total. The van der Waals surface area contributed by atoms with Crippen molar-refractivity contribution in [2.24, 2.45) is 7.05 Å². The largest absolute Gasteiger partial charge is 0.334 e. The molecule has 2 heterocycles. The number of aromatic nitrogens is 3. The molecule has 0 aliphatic carbocycles. The van der Waals surface area contributed by atoms with Crippen LogP contribution in [0.2, 0.25) is 10.4 Å². The summed E-state index contributed by atoms with van der Waals surface area (Å²) >= 11 is 14.9. The zero-order valence-electron chi connectivity index (χ0n) is 6.55. The second-order valence-electron chi connectivity index (χ2n) is 2.57. The number of hydrogen-bond donors (Lipinski definition) is 0. The number of halogens is 3. The highest BCUT2D eigenvalue weighted by atomic mass is 79.9. The molecule has 0 aliphatic rings. The number of aryl methyl sites for hydroxylation is 1. The van der Waals surface area contributed by atoms with Gasteiger partial charge in [0.2, 0.25) is 5.28 Å². The van der Waals surface area contributed by atoms with Crippen molar-refractivity contribution in [2.75, 3.05) is 0 Å². The summed E-state index contributed by atoms with van der Waals surface area (Å²) in [5.41, 5.74) is 0.719. The Morgan fingerprint density at radius 3 is 2.77 bits per heavy atom. The van der Waals surface area contributed by atoms with Crippen LogP contribution in [-0.4, -0.2) is 14.5 Å². The van der Waals surface area contributed by atoms with Gasteiger partial charge in [-0.1, -0.05) is 11.6 Å². The van der Waals surface area contributed by atoms with Crippen molar-refractivity contribution in [3.05, 3.63) is 21.1 Å². The average molecular weight is 281 g/mol. The monoisotopic (exact) mass is 279 g/mol. The zero-order chi connectivity index (χ0) is 9.59. The molecule has 0 bridgehead atoms. The normalized spacial score (nSPS) is 11.1. The van der Waals surface area contributed by atoms with Gasteiger partial charge in [0.1, 0.15) is 10.8 Å². The molecule has 2 aromatic rings. The maximum absolute atomic E-state index is 5.90. The van der Waals surface area contributed by atoms with Crippen molar-refractivity contribution in [3.63, 3.8) is 0 Å². The first kappa shape index (κ1) is 9.24. The quantitative estimate of drug-likeness (QED) is 0.549. The lowest BCUT2D eigenvalue weighted by Crippen LogP contribution is -1.90. The van der Waals surface area contributed by atoms with Gasteiger partial charge in [0, 0.05) is 17.7 Å². The van der Waals surface area contributed by atoms with Crippen LogP contribution < -0.4 is 0 Å². The molecule has 6 heteroatoms. The molecule has 0 spiro atoms. The molecule has 0 aromatic carbocycles. The van der Waals surface area contributed by atoms with Gasteiger partial charge < -0.3 is 4.57 Å². The summed E-state index contributed by atoms with van der Waals surface area (Å²) in [5.74, 6) is 0. The van der Waals surface area contributed by atoms with E-state index in [9.17, 15) is 0 Å². The van der Waals surface area contributed by atoms with E-state index >= 15 is 0 Å². The smallest absolute Gasteiger partial charge is 0.225 e. The SMILES string of the molecule is Cn1cc(Br)c2c(Cl)nc(Cl)nc21. The summed E-state index contributed by atoms with van der Waals surface area (Å²) in [7, 11) is 1.87. The summed E-state index contributed by atoms with van der Waals surface area (Å²) in [5, 5.41) is 1.31. The van der Waals surface area contributed by atoms with Crippen LogP contribution in [0.25, 0.3) is 11.0 Å². The van der Waals surface area contributed by atoms with Crippen LogP contribution in [-0.2, 0) is 7.05 Å². The second kappa shape index (κ2) is 3.12. The third kappa shape index (κ3) is 1.43. The molecule has 0 amide bonds. The van der Waals surface area contributed by atoms with Gasteiger partial charge in [-0.15, -0.1) is 0 Å². The lowest BCUT2D eigenvalue weighted by molar-refractivity contribution is 0.942. The molecule has 0 radical (unpaired) electrons. The highest BCUT2D eigenvalue weighted by Gasteiger charge is 2.11. The zero-order valence-corrected chi connectivity index (χ0v) is 9.65. The molecular formula is C7H4BrCl2N3. The minimum absolute atomic E-state index is 0.159. The lowest BCUT2D eigenvalue weighted by atomic mass is 10.4. The van der Waals surface area contributed by atoms with Crippen molar-refractivity contribution in [1.82, 2.24) is 14.5 Å². The maximum Gasteiger partial charge on any atom is 0.225 e. The fourth-order valence-corrected chi connectivity index (χ4v) is 2.41. The fourth-order valence-electron chi connectivity index (χ4n) is 1.15. The highest BCUT2D eigenvalue weighted by Crippen LogP contribution is 2.30. The molecule has 2 rings (SSSR count). The molecule has 68 valence electrons. The first-order valence-electron chi connectivity index (χ1n) is 3.43. The summed E-state index contributed by atoms with van der Waals surface area (Å²) in [4.78, 5) is 7.91. The predicted molar refractivity (Wildman–Crippen MR) is 56.2 cm³/mol. The van der Waals surface area contributed by atoms with Crippen molar-refractivity contribution in [3.8, 4) is 0 Å². The van der Waals surface area contributed by atoms with Crippen LogP contribution in [0.15, 0.2) is 10.7 Å². The Kier molecular flexibility index (Phi) is 2.21. The number of hydrogen-bond acceptors (Lipinski definition) is 2. The number of fused-ring (bicyclic) bond motifs is 1. The summed E-state index contributed by atoms with van der Waals surface area (Å²) in [6.45, 7) is 0. The van der Waals surface area contributed by atoms with Crippen LogP contribution >= 0.6 is 39.1 Å². The van der Waals surface area contributed by atoms with Gasteiger partial charge in [-0.3, -0.25) is 0 Å². The Balaban J connectivity index is 2.97. The summed E-state index contributed by atoms with van der Waals surface area (Å²) in [6.07, 6.45) is 1.86. The molecule has 2 aromatic heterocycles. The first-order chi connectivity index (χ1) is 6.09. The van der Waals surface area contributed by atoms with Gasteiger partial charge in [-0.05, 0) is 27.5 Å². The van der Waals surface area contributed by atoms with Crippen LogP contribution in [0, 0.1) is 0 Å². The molecule has 13 heavy (non-hydrogen) atoms. The minimum Gasteiger partial charge on any atom is -0.334 e. The van der Waals surface area contributed by atoms with E-state index in [2.05, 4.69) is 25.9 Å². The fraction of sp³-hybridized carbons (Fsp3) is 0.143. The third-order valence-corrected chi connectivity index (χ3v) is 2.74. The van der Waals surface area contributed by atoms with Gasteiger partial charge in [-0.2, -0.15) is 4.98 Å². The molecule has 0 saturated heterocycles. The first-order valence-corrected chi connectivity index (χ1v) is 4.98. The van der Waals surface area contributed by atoms with Gasteiger partial charge in [0.05, 0.1) is 5.39 Å². The van der Waals surface area contributed by atoms with Crippen molar-refractivity contribution < 1.29 is 0 Å². The number of nitrogens with zero attached hydrogens (tertiary/aromatic N) is 3. The topological polar surface area (TPSA) is 30.7 Å². The van der Waals surface area contributed by atoms with Crippen LogP contribution in [0.5, 0.6) is 0 Å². The molecule has 0 saturated carbocycles. The van der Waals surface area contributed by atoms with Crippen LogP contribution in [0.1, 0.15) is 0 Å². The molecule has 0 aliphatic heterocycles. The third-order valence-electron chi connectivity index (χ3n) is 1.70. The van der Waals surface area contributed by atoms with E-state index in [1.165, 1.54) is 0 Å².